The lowest BCUT2D eigenvalue weighted by atomic mass is 10.1. The fraction of sp³-hybridized carbons (Fsp3) is 0.185. The number of nitrogens with zero attached hydrogens (tertiary/aromatic N) is 3. The van der Waals surface area contributed by atoms with E-state index in [1.54, 1.807) is 18.2 Å². The minimum absolute atomic E-state index is 0.0512. The Labute approximate surface area is 206 Å². The molecular weight excluding hydrogens is 462 g/mol. The van der Waals surface area contributed by atoms with E-state index in [9.17, 15) is 14.4 Å². The van der Waals surface area contributed by atoms with Crippen molar-refractivity contribution >= 4 is 40.2 Å². The first-order valence-corrected chi connectivity index (χ1v) is 12.2. The number of aromatic nitrogens is 2. The van der Waals surface area contributed by atoms with Crippen LogP contribution in [0.4, 0.5) is 5.69 Å². The van der Waals surface area contributed by atoms with Gasteiger partial charge in [-0.05, 0) is 55.3 Å². The second-order valence-electron chi connectivity index (χ2n) is 8.33. The molecule has 1 aliphatic heterocycles. The molecule has 8 heteroatoms. The zero-order chi connectivity index (χ0) is 24.5. The lowest BCUT2D eigenvalue weighted by molar-refractivity contribution is -0.116. The molecule has 0 bridgehead atoms. The number of carbonyl (C=O) groups excluding carboxylic acids is 2. The number of amides is 1. The topological polar surface area (TPSA) is 81.5 Å². The quantitative estimate of drug-likeness (QED) is 0.239. The number of ether oxygens (including phenoxy) is 1. The van der Waals surface area contributed by atoms with Gasteiger partial charge in [0.1, 0.15) is 0 Å². The van der Waals surface area contributed by atoms with E-state index >= 15 is 0 Å². The van der Waals surface area contributed by atoms with E-state index < -0.39 is 5.97 Å². The Hall–Kier alpha value is -3.91. The van der Waals surface area contributed by atoms with Gasteiger partial charge in [0.15, 0.2) is 5.16 Å². The molecule has 4 aromatic rings. The smallest absolute Gasteiger partial charge is 0.337 e. The van der Waals surface area contributed by atoms with Crippen molar-refractivity contribution in [2.45, 2.75) is 24.5 Å². The third-order valence-corrected chi connectivity index (χ3v) is 7.00. The first kappa shape index (κ1) is 22.9. The molecule has 1 unspecified atom stereocenters. The molecule has 5 rings (SSSR count). The van der Waals surface area contributed by atoms with Crippen LogP contribution >= 0.6 is 11.8 Å². The summed E-state index contributed by atoms with van der Waals surface area (Å²) in [6.07, 6.45) is 0.811. The zero-order valence-electron chi connectivity index (χ0n) is 19.3. The van der Waals surface area contributed by atoms with E-state index in [2.05, 4.69) is 0 Å². The molecule has 0 saturated heterocycles. The van der Waals surface area contributed by atoms with Gasteiger partial charge in [-0.15, -0.1) is 0 Å². The SMILES string of the molecule is COC(=O)c1ccc2c(=O)n(-c3ccccc3)c(SCC(=O)N3c4ccccc4CC3C)nc2c1. The summed E-state index contributed by atoms with van der Waals surface area (Å²) in [5.41, 5.74) is 3.14. The van der Waals surface area contributed by atoms with E-state index in [1.165, 1.54) is 23.4 Å². The van der Waals surface area contributed by atoms with Crippen molar-refractivity contribution in [1.29, 1.82) is 0 Å². The first-order chi connectivity index (χ1) is 17.0. The third-order valence-electron chi connectivity index (χ3n) is 6.07. The molecule has 0 spiro atoms. The molecule has 0 aliphatic carbocycles. The number of benzene rings is 3. The molecule has 0 saturated carbocycles. The van der Waals surface area contributed by atoms with Gasteiger partial charge in [0.25, 0.3) is 5.56 Å². The van der Waals surface area contributed by atoms with Crippen LogP contribution in [0.15, 0.2) is 82.7 Å². The molecule has 1 aromatic heterocycles. The summed E-state index contributed by atoms with van der Waals surface area (Å²) in [7, 11) is 1.30. The third kappa shape index (κ3) is 4.21. The van der Waals surface area contributed by atoms with Gasteiger partial charge in [0, 0.05) is 11.7 Å². The number of fused-ring (bicyclic) bond motifs is 2. The van der Waals surface area contributed by atoms with Gasteiger partial charge in [-0.1, -0.05) is 48.2 Å². The monoisotopic (exact) mass is 485 g/mol. The van der Waals surface area contributed by atoms with Gasteiger partial charge in [0.2, 0.25) is 5.91 Å². The molecule has 35 heavy (non-hydrogen) atoms. The van der Waals surface area contributed by atoms with Crippen LogP contribution in [0.2, 0.25) is 0 Å². The highest BCUT2D eigenvalue weighted by Gasteiger charge is 2.30. The van der Waals surface area contributed by atoms with Crippen LogP contribution in [0.5, 0.6) is 0 Å². The Bertz CT molecular complexity index is 1500. The average molecular weight is 486 g/mol. The summed E-state index contributed by atoms with van der Waals surface area (Å²) in [4.78, 5) is 45.4. The average Bonchev–Trinajstić information content (AvgIpc) is 3.22. The van der Waals surface area contributed by atoms with Gasteiger partial charge < -0.3 is 9.64 Å². The van der Waals surface area contributed by atoms with Crippen molar-refractivity contribution in [3.63, 3.8) is 0 Å². The van der Waals surface area contributed by atoms with E-state index in [0.717, 1.165) is 17.7 Å². The predicted octanol–water partition coefficient (Wildman–Crippen LogP) is 4.24. The second-order valence-corrected chi connectivity index (χ2v) is 9.27. The van der Waals surface area contributed by atoms with Crippen LogP contribution in [0.1, 0.15) is 22.8 Å². The van der Waals surface area contributed by atoms with Crippen molar-refractivity contribution in [2.75, 3.05) is 17.8 Å². The summed E-state index contributed by atoms with van der Waals surface area (Å²) in [6, 6.07) is 21.9. The lowest BCUT2D eigenvalue weighted by Crippen LogP contribution is -2.37. The highest BCUT2D eigenvalue weighted by molar-refractivity contribution is 7.99. The van der Waals surface area contributed by atoms with Gasteiger partial charge in [-0.25, -0.2) is 9.78 Å². The van der Waals surface area contributed by atoms with Crippen molar-refractivity contribution in [3.8, 4) is 5.69 Å². The minimum atomic E-state index is -0.507. The normalized spacial score (nSPS) is 14.7. The highest BCUT2D eigenvalue weighted by Crippen LogP contribution is 2.33. The Morgan fingerprint density at radius 3 is 2.57 bits per heavy atom. The Kier molecular flexibility index (Phi) is 6.13. The number of carbonyl (C=O) groups is 2. The maximum Gasteiger partial charge on any atom is 0.337 e. The van der Waals surface area contributed by atoms with E-state index in [0.29, 0.717) is 27.3 Å². The number of hydrogen-bond acceptors (Lipinski definition) is 6. The van der Waals surface area contributed by atoms with E-state index in [1.807, 2.05) is 66.4 Å². The number of hydrogen-bond donors (Lipinski definition) is 0. The van der Waals surface area contributed by atoms with Gasteiger partial charge in [0.05, 0.1) is 35.0 Å². The van der Waals surface area contributed by atoms with Gasteiger partial charge in [-0.2, -0.15) is 0 Å². The molecule has 1 atom stereocenters. The fourth-order valence-electron chi connectivity index (χ4n) is 4.45. The summed E-state index contributed by atoms with van der Waals surface area (Å²) in [5, 5.41) is 0.753. The Balaban J connectivity index is 1.54. The lowest BCUT2D eigenvalue weighted by Gasteiger charge is -2.23. The maximum atomic E-state index is 13.5. The summed E-state index contributed by atoms with van der Waals surface area (Å²) in [5.74, 6) is -0.447. The van der Waals surface area contributed by atoms with Crippen LogP contribution in [-0.4, -0.2) is 40.3 Å². The first-order valence-electron chi connectivity index (χ1n) is 11.2. The largest absolute Gasteiger partial charge is 0.465 e. The number of anilines is 1. The highest BCUT2D eigenvalue weighted by atomic mass is 32.2. The number of rotatable bonds is 5. The number of esters is 1. The fourth-order valence-corrected chi connectivity index (χ4v) is 5.33. The van der Waals surface area contributed by atoms with E-state index in [4.69, 9.17) is 9.72 Å². The molecule has 2 heterocycles. The molecule has 176 valence electrons. The molecule has 1 amide bonds. The molecule has 1 aliphatic rings. The van der Waals surface area contributed by atoms with Crippen LogP contribution < -0.4 is 10.5 Å². The van der Waals surface area contributed by atoms with Crippen LogP contribution in [0.25, 0.3) is 16.6 Å². The summed E-state index contributed by atoms with van der Waals surface area (Å²) >= 11 is 1.21. The Morgan fingerprint density at radius 1 is 1.06 bits per heavy atom. The van der Waals surface area contributed by atoms with Crippen molar-refractivity contribution in [3.05, 3.63) is 94.3 Å². The molecular formula is C27H23N3O4S. The number of thioether (sulfide) groups is 1. The van der Waals surface area contributed by atoms with Crippen molar-refractivity contribution < 1.29 is 14.3 Å². The molecule has 7 nitrogen and oxygen atoms in total. The molecule has 3 aromatic carbocycles. The molecule has 0 fully saturated rings. The van der Waals surface area contributed by atoms with Gasteiger partial charge in [-0.3, -0.25) is 14.2 Å². The van der Waals surface area contributed by atoms with Crippen LogP contribution in [-0.2, 0) is 16.0 Å². The standard InChI is InChI=1S/C27H23N3O4S/c1-17-14-18-8-6-7-11-23(18)29(17)24(31)16-35-27-28-22-15-19(26(33)34-2)12-13-21(22)25(32)30(27)20-9-4-3-5-10-20/h3-13,15,17H,14,16H2,1-2H3. The maximum absolute atomic E-state index is 13.5. The molecule has 0 radical (unpaired) electrons. The number of methoxy groups -OCH3 is 1. The summed E-state index contributed by atoms with van der Waals surface area (Å²) in [6.45, 7) is 2.03. The van der Waals surface area contributed by atoms with Gasteiger partial charge >= 0.3 is 5.97 Å². The molecule has 0 N–H and O–H groups in total. The zero-order valence-corrected chi connectivity index (χ0v) is 20.1. The van der Waals surface area contributed by atoms with Crippen molar-refractivity contribution in [2.24, 2.45) is 0 Å². The summed E-state index contributed by atoms with van der Waals surface area (Å²) < 4.78 is 6.32. The minimum Gasteiger partial charge on any atom is -0.465 e. The van der Waals surface area contributed by atoms with Crippen LogP contribution in [0, 0.1) is 0 Å². The van der Waals surface area contributed by atoms with Crippen molar-refractivity contribution in [1.82, 2.24) is 9.55 Å². The van der Waals surface area contributed by atoms with E-state index in [-0.39, 0.29) is 23.3 Å². The Morgan fingerprint density at radius 2 is 1.80 bits per heavy atom. The second kappa shape index (κ2) is 9.38. The number of para-hydroxylation sites is 2. The predicted molar refractivity (Wildman–Crippen MR) is 136 cm³/mol. The van der Waals surface area contributed by atoms with Crippen LogP contribution in [0.3, 0.4) is 0 Å².